The first-order chi connectivity index (χ1) is 9.21. The highest BCUT2D eigenvalue weighted by molar-refractivity contribution is 5.34. The number of hydrogen-bond acceptors (Lipinski definition) is 3. The SMILES string of the molecule is NCc1cc(F)ccc1OC1CCOC2(CCC2)C1. The molecule has 3 nitrogen and oxygen atoms in total. The van der Waals surface area contributed by atoms with Crippen molar-refractivity contribution in [3.63, 3.8) is 0 Å². The third-order valence-corrected chi connectivity index (χ3v) is 4.25. The van der Waals surface area contributed by atoms with Gasteiger partial charge in [-0.1, -0.05) is 0 Å². The molecule has 1 saturated carbocycles. The zero-order chi connectivity index (χ0) is 13.3. The Hall–Kier alpha value is -1.13. The summed E-state index contributed by atoms with van der Waals surface area (Å²) in [5.41, 5.74) is 6.44. The molecule has 1 unspecified atom stereocenters. The highest BCUT2D eigenvalue weighted by atomic mass is 19.1. The largest absolute Gasteiger partial charge is 0.490 e. The van der Waals surface area contributed by atoms with E-state index < -0.39 is 0 Å². The van der Waals surface area contributed by atoms with E-state index in [1.807, 2.05) is 0 Å². The maximum Gasteiger partial charge on any atom is 0.124 e. The summed E-state index contributed by atoms with van der Waals surface area (Å²) in [6.45, 7) is 1.05. The molecule has 1 saturated heterocycles. The molecule has 1 atom stereocenters. The maximum absolute atomic E-state index is 13.2. The minimum Gasteiger partial charge on any atom is -0.490 e. The Bertz CT molecular complexity index is 459. The third-order valence-electron chi connectivity index (χ3n) is 4.25. The second-order valence-corrected chi connectivity index (χ2v) is 5.57. The fourth-order valence-corrected chi connectivity index (χ4v) is 3.01. The van der Waals surface area contributed by atoms with Gasteiger partial charge in [0.25, 0.3) is 0 Å². The second kappa shape index (κ2) is 5.10. The quantitative estimate of drug-likeness (QED) is 0.914. The van der Waals surface area contributed by atoms with E-state index in [1.54, 1.807) is 6.07 Å². The van der Waals surface area contributed by atoms with E-state index in [2.05, 4.69) is 0 Å². The average molecular weight is 265 g/mol. The lowest BCUT2D eigenvalue weighted by Crippen LogP contribution is -2.48. The number of halogens is 1. The van der Waals surface area contributed by atoms with Crippen LogP contribution in [0.15, 0.2) is 18.2 Å². The van der Waals surface area contributed by atoms with Gasteiger partial charge < -0.3 is 15.2 Å². The van der Waals surface area contributed by atoms with E-state index in [-0.39, 0.29) is 17.5 Å². The molecule has 4 heteroatoms. The van der Waals surface area contributed by atoms with Crippen molar-refractivity contribution >= 4 is 0 Å². The molecule has 1 aromatic carbocycles. The molecule has 1 aliphatic carbocycles. The second-order valence-electron chi connectivity index (χ2n) is 5.57. The highest BCUT2D eigenvalue weighted by Gasteiger charge is 2.43. The van der Waals surface area contributed by atoms with Crippen LogP contribution in [0, 0.1) is 5.82 Å². The molecule has 1 aromatic rings. The molecular weight excluding hydrogens is 245 g/mol. The summed E-state index contributed by atoms with van der Waals surface area (Å²) in [6, 6.07) is 4.56. The number of ether oxygens (including phenoxy) is 2. The molecule has 2 N–H and O–H groups in total. The van der Waals surface area contributed by atoms with Gasteiger partial charge in [0, 0.05) is 24.9 Å². The minimum absolute atomic E-state index is 0.0613. The van der Waals surface area contributed by atoms with Crippen LogP contribution in [0.4, 0.5) is 4.39 Å². The molecule has 2 fully saturated rings. The number of hydrogen-bond donors (Lipinski definition) is 1. The Kier molecular flexibility index (Phi) is 3.46. The van der Waals surface area contributed by atoms with Gasteiger partial charge in [0.2, 0.25) is 0 Å². The summed E-state index contributed by atoms with van der Waals surface area (Å²) in [4.78, 5) is 0. The summed E-state index contributed by atoms with van der Waals surface area (Å²) in [7, 11) is 0. The topological polar surface area (TPSA) is 44.5 Å². The highest BCUT2D eigenvalue weighted by Crippen LogP contribution is 2.43. The normalized spacial score (nSPS) is 25.1. The van der Waals surface area contributed by atoms with Gasteiger partial charge in [-0.15, -0.1) is 0 Å². The number of rotatable bonds is 3. The predicted molar refractivity (Wildman–Crippen MR) is 70.5 cm³/mol. The van der Waals surface area contributed by atoms with E-state index >= 15 is 0 Å². The first kappa shape index (κ1) is 12.9. The Morgan fingerprint density at radius 2 is 2.26 bits per heavy atom. The monoisotopic (exact) mass is 265 g/mol. The smallest absolute Gasteiger partial charge is 0.124 e. The van der Waals surface area contributed by atoms with Gasteiger partial charge in [-0.2, -0.15) is 0 Å². The molecule has 104 valence electrons. The lowest BCUT2D eigenvalue weighted by atomic mass is 9.74. The summed E-state index contributed by atoms with van der Waals surface area (Å²) in [5, 5.41) is 0. The number of nitrogens with two attached hydrogens (primary N) is 1. The van der Waals surface area contributed by atoms with Crippen LogP contribution in [0.5, 0.6) is 5.75 Å². The summed E-state index contributed by atoms with van der Waals surface area (Å²) in [5.74, 6) is 0.445. The van der Waals surface area contributed by atoms with Gasteiger partial charge >= 0.3 is 0 Å². The lowest BCUT2D eigenvalue weighted by molar-refractivity contribution is -0.153. The number of benzene rings is 1. The fraction of sp³-hybridized carbons (Fsp3) is 0.600. The minimum atomic E-state index is -0.268. The summed E-state index contributed by atoms with van der Waals surface area (Å²) < 4.78 is 25.1. The molecule has 19 heavy (non-hydrogen) atoms. The molecule has 1 heterocycles. The van der Waals surface area contributed by atoms with Gasteiger partial charge in [0.1, 0.15) is 17.7 Å². The van der Waals surface area contributed by atoms with Crippen LogP contribution in [-0.2, 0) is 11.3 Å². The average Bonchev–Trinajstić information content (AvgIpc) is 2.39. The molecule has 2 aliphatic rings. The van der Waals surface area contributed by atoms with E-state index in [4.69, 9.17) is 15.2 Å². The van der Waals surface area contributed by atoms with Crippen LogP contribution in [0.3, 0.4) is 0 Å². The predicted octanol–water partition coefficient (Wildman–Crippen LogP) is 2.76. The fourth-order valence-electron chi connectivity index (χ4n) is 3.01. The Labute approximate surface area is 112 Å². The van der Waals surface area contributed by atoms with Gasteiger partial charge in [-0.05, 0) is 37.5 Å². The van der Waals surface area contributed by atoms with Crippen molar-refractivity contribution in [3.8, 4) is 5.75 Å². The Balaban J connectivity index is 1.70. The molecule has 0 radical (unpaired) electrons. The van der Waals surface area contributed by atoms with Crippen molar-refractivity contribution in [3.05, 3.63) is 29.6 Å². The first-order valence-corrected chi connectivity index (χ1v) is 7.00. The van der Waals surface area contributed by atoms with Crippen LogP contribution in [-0.4, -0.2) is 18.3 Å². The molecular formula is C15H20FNO2. The van der Waals surface area contributed by atoms with Crippen LogP contribution in [0.1, 0.15) is 37.7 Å². The third kappa shape index (κ3) is 2.60. The van der Waals surface area contributed by atoms with Crippen molar-refractivity contribution in [1.29, 1.82) is 0 Å². The van der Waals surface area contributed by atoms with Crippen molar-refractivity contribution in [1.82, 2.24) is 0 Å². The van der Waals surface area contributed by atoms with E-state index in [0.29, 0.717) is 12.3 Å². The zero-order valence-electron chi connectivity index (χ0n) is 11.0. The molecule has 3 rings (SSSR count). The van der Waals surface area contributed by atoms with Crippen molar-refractivity contribution in [2.24, 2.45) is 5.73 Å². The molecule has 0 bridgehead atoms. The molecule has 0 aromatic heterocycles. The Morgan fingerprint density at radius 3 is 2.95 bits per heavy atom. The van der Waals surface area contributed by atoms with Crippen LogP contribution >= 0.6 is 0 Å². The van der Waals surface area contributed by atoms with E-state index in [1.165, 1.54) is 18.6 Å². The van der Waals surface area contributed by atoms with Crippen LogP contribution < -0.4 is 10.5 Å². The van der Waals surface area contributed by atoms with Gasteiger partial charge in [0.15, 0.2) is 0 Å². The van der Waals surface area contributed by atoms with Crippen LogP contribution in [0.2, 0.25) is 0 Å². The maximum atomic E-state index is 13.2. The van der Waals surface area contributed by atoms with Gasteiger partial charge in [0.05, 0.1) is 12.2 Å². The Morgan fingerprint density at radius 1 is 1.42 bits per heavy atom. The van der Waals surface area contributed by atoms with Crippen molar-refractivity contribution < 1.29 is 13.9 Å². The molecule has 1 aliphatic heterocycles. The van der Waals surface area contributed by atoms with Crippen molar-refractivity contribution in [2.75, 3.05) is 6.61 Å². The zero-order valence-corrected chi connectivity index (χ0v) is 11.0. The van der Waals surface area contributed by atoms with Crippen molar-refractivity contribution in [2.45, 2.75) is 50.4 Å². The summed E-state index contributed by atoms with van der Waals surface area (Å²) in [6.07, 6.45) is 5.51. The van der Waals surface area contributed by atoms with Gasteiger partial charge in [-0.25, -0.2) is 4.39 Å². The lowest BCUT2D eigenvalue weighted by Gasteiger charge is -2.47. The molecule has 1 spiro atoms. The first-order valence-electron chi connectivity index (χ1n) is 7.00. The van der Waals surface area contributed by atoms with Gasteiger partial charge in [-0.3, -0.25) is 0 Å². The molecule has 0 amide bonds. The van der Waals surface area contributed by atoms with E-state index in [9.17, 15) is 4.39 Å². The van der Waals surface area contributed by atoms with E-state index in [0.717, 1.165) is 37.9 Å². The summed E-state index contributed by atoms with van der Waals surface area (Å²) >= 11 is 0. The standard InChI is InChI=1S/C15H20FNO2/c16-12-2-3-14(11(8-12)10-17)19-13-4-7-18-15(9-13)5-1-6-15/h2-3,8,13H,1,4-7,9-10,17H2. The van der Waals surface area contributed by atoms with Crippen LogP contribution in [0.25, 0.3) is 0 Å².